The Morgan fingerprint density at radius 2 is 2.13 bits per heavy atom. The minimum atomic E-state index is 0.584. The van der Waals surface area contributed by atoms with Crippen molar-refractivity contribution in [2.45, 2.75) is 6.92 Å². The molecule has 76 valence electrons. The molecule has 0 aliphatic carbocycles. The summed E-state index contributed by atoms with van der Waals surface area (Å²) in [6.45, 7) is 1.95. The number of hydrogen-bond acceptors (Lipinski definition) is 2. The average Bonchev–Trinajstić information content (AvgIpc) is 2.16. The molecule has 0 unspecified atom stereocenters. The molecule has 0 amide bonds. The molecule has 0 saturated heterocycles. The Labute approximate surface area is 98.0 Å². The molecule has 4 heteroatoms. The third-order valence-corrected chi connectivity index (χ3v) is 2.42. The molecule has 0 aliphatic rings. The van der Waals surface area contributed by atoms with Gasteiger partial charge in [0.05, 0.1) is 0 Å². The summed E-state index contributed by atoms with van der Waals surface area (Å²) in [5.41, 5.74) is 1.93. The molecule has 0 fully saturated rings. The predicted molar refractivity (Wildman–Crippen MR) is 64.6 cm³/mol. The highest BCUT2D eigenvalue weighted by Gasteiger charge is 2.00. The highest BCUT2D eigenvalue weighted by molar-refractivity contribution is 7.71. The number of nitrogens with zero attached hydrogens (tertiary/aromatic N) is 1. The van der Waals surface area contributed by atoms with Crippen molar-refractivity contribution in [1.82, 2.24) is 9.97 Å². The summed E-state index contributed by atoms with van der Waals surface area (Å²) in [5, 5.41) is 0.690. The fraction of sp³-hybridized carbons (Fsp3) is 0.0909. The molecule has 1 heterocycles. The van der Waals surface area contributed by atoms with Crippen LogP contribution in [0.25, 0.3) is 11.4 Å². The van der Waals surface area contributed by atoms with Gasteiger partial charge in [-0.3, -0.25) is 0 Å². The molecule has 1 aromatic carbocycles. The van der Waals surface area contributed by atoms with Crippen LogP contribution in [-0.2, 0) is 0 Å². The molecule has 0 bridgehead atoms. The van der Waals surface area contributed by atoms with E-state index in [-0.39, 0.29) is 0 Å². The number of halogens is 1. The normalized spacial score (nSPS) is 10.3. The molecule has 1 N–H and O–H groups in total. The lowest BCUT2D eigenvalue weighted by molar-refractivity contribution is 1.10. The Morgan fingerprint density at radius 3 is 2.80 bits per heavy atom. The van der Waals surface area contributed by atoms with Crippen LogP contribution in [0.2, 0.25) is 5.02 Å². The van der Waals surface area contributed by atoms with E-state index >= 15 is 0 Å². The van der Waals surface area contributed by atoms with Crippen LogP contribution in [0, 0.1) is 11.6 Å². The summed E-state index contributed by atoms with van der Waals surface area (Å²) in [6.07, 6.45) is 0. The van der Waals surface area contributed by atoms with Crippen LogP contribution in [0.4, 0.5) is 0 Å². The maximum absolute atomic E-state index is 5.91. The number of hydrogen-bond donors (Lipinski definition) is 1. The van der Waals surface area contributed by atoms with Crippen molar-refractivity contribution in [2.24, 2.45) is 0 Å². The molecule has 2 rings (SSSR count). The number of H-pyrrole nitrogens is 1. The number of aryl methyl sites for hydroxylation is 1. The van der Waals surface area contributed by atoms with Gasteiger partial charge in [0.1, 0.15) is 10.5 Å². The van der Waals surface area contributed by atoms with Crippen LogP contribution in [-0.4, -0.2) is 9.97 Å². The van der Waals surface area contributed by atoms with Gasteiger partial charge in [-0.05, 0) is 25.1 Å². The van der Waals surface area contributed by atoms with E-state index in [0.717, 1.165) is 17.1 Å². The van der Waals surface area contributed by atoms with Crippen molar-refractivity contribution in [3.8, 4) is 11.4 Å². The largest absolute Gasteiger partial charge is 0.343 e. The first-order valence-electron chi connectivity index (χ1n) is 4.49. The van der Waals surface area contributed by atoms with Gasteiger partial charge in [-0.25, -0.2) is 4.98 Å². The van der Waals surface area contributed by atoms with Crippen molar-refractivity contribution >= 4 is 23.8 Å². The summed E-state index contributed by atoms with van der Waals surface area (Å²) in [7, 11) is 0. The third-order valence-electron chi connectivity index (χ3n) is 1.98. The Bertz CT molecular complexity index is 548. The quantitative estimate of drug-likeness (QED) is 0.764. The zero-order chi connectivity index (χ0) is 10.8. The minimum absolute atomic E-state index is 0.584. The molecule has 0 spiro atoms. The molecule has 0 atom stereocenters. The lowest BCUT2D eigenvalue weighted by Crippen LogP contribution is -1.91. The van der Waals surface area contributed by atoms with Gasteiger partial charge < -0.3 is 4.98 Å². The van der Waals surface area contributed by atoms with Crippen molar-refractivity contribution in [3.05, 3.63) is 45.7 Å². The second-order valence-electron chi connectivity index (χ2n) is 3.26. The van der Waals surface area contributed by atoms with Crippen molar-refractivity contribution in [2.75, 3.05) is 0 Å². The van der Waals surface area contributed by atoms with Gasteiger partial charge in [0.25, 0.3) is 0 Å². The van der Waals surface area contributed by atoms with Crippen LogP contribution in [0.3, 0.4) is 0 Å². The average molecular weight is 237 g/mol. The van der Waals surface area contributed by atoms with Crippen molar-refractivity contribution in [1.29, 1.82) is 0 Å². The summed E-state index contributed by atoms with van der Waals surface area (Å²) < 4.78 is 0.584. The summed E-state index contributed by atoms with van der Waals surface area (Å²) in [5.74, 6) is 0.752. The first-order chi connectivity index (χ1) is 7.15. The monoisotopic (exact) mass is 236 g/mol. The number of rotatable bonds is 1. The predicted octanol–water partition coefficient (Wildman–Crippen LogP) is 3.77. The van der Waals surface area contributed by atoms with E-state index in [1.165, 1.54) is 0 Å². The Balaban J connectivity index is 2.59. The summed E-state index contributed by atoms with van der Waals surface area (Å²) in [6, 6.07) is 9.34. The fourth-order valence-corrected chi connectivity index (χ4v) is 1.81. The van der Waals surface area contributed by atoms with E-state index in [1.54, 1.807) is 0 Å². The van der Waals surface area contributed by atoms with E-state index < -0.39 is 0 Å². The molecular formula is C11H9ClN2S. The lowest BCUT2D eigenvalue weighted by Gasteiger charge is -2.02. The third kappa shape index (κ3) is 2.43. The minimum Gasteiger partial charge on any atom is -0.343 e. The van der Waals surface area contributed by atoms with Gasteiger partial charge in [-0.15, -0.1) is 0 Å². The molecular weight excluding hydrogens is 228 g/mol. The van der Waals surface area contributed by atoms with E-state index in [0.29, 0.717) is 9.66 Å². The van der Waals surface area contributed by atoms with Crippen LogP contribution < -0.4 is 0 Å². The van der Waals surface area contributed by atoms with Crippen LogP contribution in [0.15, 0.2) is 30.3 Å². The van der Waals surface area contributed by atoms with Crippen molar-refractivity contribution in [3.63, 3.8) is 0 Å². The first kappa shape index (κ1) is 10.3. The molecule has 0 saturated carbocycles. The van der Waals surface area contributed by atoms with Crippen LogP contribution in [0.1, 0.15) is 5.69 Å². The fourth-order valence-electron chi connectivity index (χ4n) is 1.35. The van der Waals surface area contributed by atoms with Gasteiger partial charge in [0.15, 0.2) is 0 Å². The summed E-state index contributed by atoms with van der Waals surface area (Å²) >= 11 is 11.0. The molecule has 0 aliphatic heterocycles. The van der Waals surface area contributed by atoms with Gasteiger partial charge in [-0.1, -0.05) is 36.0 Å². The number of aromatic nitrogens is 2. The smallest absolute Gasteiger partial charge is 0.139 e. The van der Waals surface area contributed by atoms with Gasteiger partial charge in [0.2, 0.25) is 0 Å². The maximum Gasteiger partial charge on any atom is 0.139 e. The molecule has 2 aromatic rings. The zero-order valence-electron chi connectivity index (χ0n) is 8.12. The van der Waals surface area contributed by atoms with Crippen LogP contribution in [0.5, 0.6) is 0 Å². The molecule has 15 heavy (non-hydrogen) atoms. The maximum atomic E-state index is 5.91. The summed E-state index contributed by atoms with van der Waals surface area (Å²) in [4.78, 5) is 7.40. The van der Waals surface area contributed by atoms with E-state index in [1.807, 2.05) is 37.3 Å². The van der Waals surface area contributed by atoms with E-state index in [9.17, 15) is 0 Å². The van der Waals surface area contributed by atoms with Crippen molar-refractivity contribution < 1.29 is 0 Å². The highest BCUT2D eigenvalue weighted by Crippen LogP contribution is 2.19. The Kier molecular flexibility index (Phi) is 2.84. The van der Waals surface area contributed by atoms with Crippen LogP contribution >= 0.6 is 23.8 Å². The second-order valence-corrected chi connectivity index (χ2v) is 4.12. The lowest BCUT2D eigenvalue weighted by atomic mass is 10.2. The van der Waals surface area contributed by atoms with Gasteiger partial charge in [0, 0.05) is 16.3 Å². The number of benzene rings is 1. The first-order valence-corrected chi connectivity index (χ1v) is 5.28. The topological polar surface area (TPSA) is 28.7 Å². The molecule has 2 nitrogen and oxygen atoms in total. The second kappa shape index (κ2) is 4.13. The SMILES string of the molecule is Cc1cc(=S)nc(-c2cccc(Cl)c2)[nH]1. The Hall–Kier alpha value is -1.19. The van der Waals surface area contributed by atoms with Gasteiger partial charge >= 0.3 is 0 Å². The highest BCUT2D eigenvalue weighted by atomic mass is 35.5. The Morgan fingerprint density at radius 1 is 1.33 bits per heavy atom. The van der Waals surface area contributed by atoms with Gasteiger partial charge in [-0.2, -0.15) is 0 Å². The standard InChI is InChI=1S/C11H9ClN2S/c1-7-5-10(15)14-11(13-7)8-3-2-4-9(12)6-8/h2-6H,1H3,(H,13,14,15). The number of aromatic amines is 1. The zero-order valence-corrected chi connectivity index (χ0v) is 9.69. The number of nitrogens with one attached hydrogen (secondary N) is 1. The van der Waals surface area contributed by atoms with E-state index in [4.69, 9.17) is 23.8 Å². The molecule has 0 radical (unpaired) electrons. The molecule has 1 aromatic heterocycles. The van der Waals surface area contributed by atoms with E-state index in [2.05, 4.69) is 9.97 Å².